The lowest BCUT2D eigenvalue weighted by atomic mass is 9.98. The Morgan fingerprint density at radius 1 is 1.00 bits per heavy atom. The molecule has 1 aromatic heterocycles. The highest BCUT2D eigenvalue weighted by molar-refractivity contribution is 7.99. The molecule has 0 amide bonds. The van der Waals surface area contributed by atoms with Gasteiger partial charge in [-0.3, -0.25) is 14.9 Å². The number of nitro benzene ring substituents is 1. The quantitative estimate of drug-likeness (QED) is 0.161. The summed E-state index contributed by atoms with van der Waals surface area (Å²) in [5.41, 5.74) is 2.83. The number of carbonyl (C=O) groups is 1. The Labute approximate surface area is 211 Å². The van der Waals surface area contributed by atoms with E-state index in [2.05, 4.69) is 6.07 Å². The van der Waals surface area contributed by atoms with E-state index in [0.29, 0.717) is 44.5 Å². The SMILES string of the molecule is COc1ccc(OC)c(-c2cc(-c3ccccc3)nc(Sc3ccc([N+](=O)[O-])cc3C=O)c2C#N)c1. The standard InChI is InChI=1S/C27H19N3O5S/c1-34-20-9-10-25(35-2)22(13-20)21-14-24(17-6-4-3-5-7-17)29-27(23(21)15-28)36-26-11-8-19(30(32)33)12-18(26)16-31/h3-14,16H,1-2H3. The fourth-order valence-corrected chi connectivity index (χ4v) is 4.61. The van der Waals surface area contributed by atoms with Gasteiger partial charge in [0.25, 0.3) is 5.69 Å². The number of pyridine rings is 1. The van der Waals surface area contributed by atoms with Gasteiger partial charge in [-0.05, 0) is 30.3 Å². The van der Waals surface area contributed by atoms with Crippen LogP contribution < -0.4 is 9.47 Å². The first-order valence-corrected chi connectivity index (χ1v) is 11.4. The van der Waals surface area contributed by atoms with Gasteiger partial charge in [-0.1, -0.05) is 42.1 Å². The maximum atomic E-state index is 11.7. The van der Waals surface area contributed by atoms with Crippen molar-refractivity contribution in [1.29, 1.82) is 5.26 Å². The van der Waals surface area contributed by atoms with Gasteiger partial charge in [-0.2, -0.15) is 5.26 Å². The van der Waals surface area contributed by atoms with E-state index in [1.54, 1.807) is 32.4 Å². The molecule has 9 heteroatoms. The highest BCUT2D eigenvalue weighted by Crippen LogP contribution is 2.42. The van der Waals surface area contributed by atoms with Gasteiger partial charge in [0.1, 0.15) is 22.6 Å². The van der Waals surface area contributed by atoms with Crippen molar-refractivity contribution >= 4 is 23.7 Å². The Kier molecular flexibility index (Phi) is 7.28. The van der Waals surface area contributed by atoms with Crippen molar-refractivity contribution in [2.24, 2.45) is 0 Å². The predicted molar refractivity (Wildman–Crippen MR) is 136 cm³/mol. The van der Waals surface area contributed by atoms with Crippen molar-refractivity contribution in [3.05, 3.63) is 94.0 Å². The third-order valence-electron chi connectivity index (χ3n) is 5.40. The molecule has 0 saturated heterocycles. The molecule has 0 aliphatic heterocycles. The van der Waals surface area contributed by atoms with Gasteiger partial charge in [-0.25, -0.2) is 4.98 Å². The summed E-state index contributed by atoms with van der Waals surface area (Å²) in [5, 5.41) is 21.7. The van der Waals surface area contributed by atoms with Crippen LogP contribution in [0.5, 0.6) is 11.5 Å². The van der Waals surface area contributed by atoms with Crippen molar-refractivity contribution in [1.82, 2.24) is 4.98 Å². The van der Waals surface area contributed by atoms with Crippen LogP contribution in [0.1, 0.15) is 15.9 Å². The second-order valence-corrected chi connectivity index (χ2v) is 8.51. The number of aldehydes is 1. The lowest BCUT2D eigenvalue weighted by Gasteiger charge is -2.16. The molecule has 0 radical (unpaired) electrons. The molecule has 0 saturated carbocycles. The van der Waals surface area contributed by atoms with Crippen molar-refractivity contribution in [2.75, 3.05) is 14.2 Å². The summed E-state index contributed by atoms with van der Waals surface area (Å²) in [6, 6.07) is 22.8. The molecule has 0 N–H and O–H groups in total. The lowest BCUT2D eigenvalue weighted by Crippen LogP contribution is -1.99. The number of nitro groups is 1. The number of benzene rings is 3. The first kappa shape index (κ1) is 24.4. The van der Waals surface area contributed by atoms with Crippen LogP contribution in [0.15, 0.2) is 82.7 Å². The first-order valence-electron chi connectivity index (χ1n) is 10.6. The summed E-state index contributed by atoms with van der Waals surface area (Å²) in [7, 11) is 3.09. The van der Waals surface area contributed by atoms with Crippen LogP contribution in [0.2, 0.25) is 0 Å². The third kappa shape index (κ3) is 4.89. The molecule has 0 unspecified atom stereocenters. The lowest BCUT2D eigenvalue weighted by molar-refractivity contribution is -0.384. The molecule has 0 atom stereocenters. The minimum Gasteiger partial charge on any atom is -0.497 e. The minimum atomic E-state index is -0.566. The van der Waals surface area contributed by atoms with Crippen LogP contribution in [0.4, 0.5) is 5.69 Å². The van der Waals surface area contributed by atoms with E-state index >= 15 is 0 Å². The number of non-ortho nitro benzene ring substituents is 1. The number of nitrogens with zero attached hydrogens (tertiary/aromatic N) is 3. The number of methoxy groups -OCH3 is 2. The van der Waals surface area contributed by atoms with Crippen molar-refractivity contribution in [3.63, 3.8) is 0 Å². The summed E-state index contributed by atoms with van der Waals surface area (Å²) in [5.74, 6) is 1.12. The molecule has 3 aromatic carbocycles. The van der Waals surface area contributed by atoms with Crippen molar-refractivity contribution in [2.45, 2.75) is 9.92 Å². The van der Waals surface area contributed by atoms with Crippen LogP contribution in [-0.4, -0.2) is 30.4 Å². The number of nitriles is 1. The fraction of sp³-hybridized carbons (Fsp3) is 0.0741. The molecule has 8 nitrogen and oxygen atoms in total. The second kappa shape index (κ2) is 10.7. The molecule has 0 bridgehead atoms. The maximum absolute atomic E-state index is 11.7. The molecule has 1 heterocycles. The Hall–Kier alpha value is -4.68. The normalized spacial score (nSPS) is 10.4. The number of hydrogen-bond acceptors (Lipinski definition) is 8. The highest BCUT2D eigenvalue weighted by Gasteiger charge is 2.21. The highest BCUT2D eigenvalue weighted by atomic mass is 32.2. The first-order chi connectivity index (χ1) is 17.5. The van der Waals surface area contributed by atoms with Gasteiger partial charge in [0.15, 0.2) is 6.29 Å². The van der Waals surface area contributed by atoms with E-state index < -0.39 is 4.92 Å². The molecule has 178 valence electrons. The second-order valence-electron chi connectivity index (χ2n) is 7.48. The number of ether oxygens (including phenoxy) is 2. The summed E-state index contributed by atoms with van der Waals surface area (Å²) < 4.78 is 11.0. The van der Waals surface area contributed by atoms with Crippen LogP contribution in [-0.2, 0) is 0 Å². The van der Waals surface area contributed by atoms with E-state index in [0.717, 1.165) is 17.3 Å². The monoisotopic (exact) mass is 497 g/mol. The smallest absolute Gasteiger partial charge is 0.270 e. The molecule has 0 aliphatic rings. The minimum absolute atomic E-state index is 0.130. The summed E-state index contributed by atoms with van der Waals surface area (Å²) in [6.45, 7) is 0. The Bertz CT molecular complexity index is 1500. The van der Waals surface area contributed by atoms with E-state index in [1.165, 1.54) is 18.2 Å². The van der Waals surface area contributed by atoms with Crippen molar-refractivity contribution < 1.29 is 19.2 Å². The van der Waals surface area contributed by atoms with Gasteiger partial charge in [0, 0.05) is 39.3 Å². The zero-order chi connectivity index (χ0) is 25.7. The number of aromatic nitrogens is 1. The number of hydrogen-bond donors (Lipinski definition) is 0. The molecule has 0 fully saturated rings. The Morgan fingerprint density at radius 2 is 1.78 bits per heavy atom. The number of rotatable bonds is 8. The van der Waals surface area contributed by atoms with Crippen LogP contribution in [0, 0.1) is 21.4 Å². The predicted octanol–water partition coefficient (Wildman–Crippen LogP) is 6.18. The largest absolute Gasteiger partial charge is 0.497 e. The van der Waals surface area contributed by atoms with Gasteiger partial charge in [-0.15, -0.1) is 0 Å². The molecule has 4 aromatic rings. The van der Waals surface area contributed by atoms with Gasteiger partial charge < -0.3 is 9.47 Å². The summed E-state index contributed by atoms with van der Waals surface area (Å²) >= 11 is 1.09. The zero-order valence-electron chi connectivity index (χ0n) is 19.3. The average molecular weight is 498 g/mol. The topological polar surface area (TPSA) is 115 Å². The van der Waals surface area contributed by atoms with E-state index in [9.17, 15) is 20.2 Å². The molecular weight excluding hydrogens is 478 g/mol. The molecule has 0 spiro atoms. The van der Waals surface area contributed by atoms with E-state index in [-0.39, 0.29) is 16.8 Å². The maximum Gasteiger partial charge on any atom is 0.270 e. The average Bonchev–Trinajstić information content (AvgIpc) is 2.92. The zero-order valence-corrected chi connectivity index (χ0v) is 20.1. The van der Waals surface area contributed by atoms with Crippen molar-refractivity contribution in [3.8, 4) is 40.0 Å². The van der Waals surface area contributed by atoms with Gasteiger partial charge >= 0.3 is 0 Å². The van der Waals surface area contributed by atoms with Crippen LogP contribution >= 0.6 is 11.8 Å². The Morgan fingerprint density at radius 3 is 2.42 bits per heavy atom. The molecular formula is C27H19N3O5S. The van der Waals surface area contributed by atoms with Crippen LogP contribution in [0.3, 0.4) is 0 Å². The van der Waals surface area contributed by atoms with Gasteiger partial charge in [0.05, 0.1) is 30.4 Å². The Balaban J connectivity index is 1.97. The molecule has 4 rings (SSSR count). The molecule has 36 heavy (non-hydrogen) atoms. The molecule has 0 aliphatic carbocycles. The van der Waals surface area contributed by atoms with E-state index in [4.69, 9.17) is 14.5 Å². The summed E-state index contributed by atoms with van der Waals surface area (Å²) in [6.07, 6.45) is 0.550. The summed E-state index contributed by atoms with van der Waals surface area (Å²) in [4.78, 5) is 27.5. The van der Waals surface area contributed by atoms with E-state index in [1.807, 2.05) is 36.4 Å². The number of carbonyl (C=O) groups excluding carboxylic acids is 1. The van der Waals surface area contributed by atoms with Crippen LogP contribution in [0.25, 0.3) is 22.4 Å². The van der Waals surface area contributed by atoms with Gasteiger partial charge in [0.2, 0.25) is 0 Å². The fourth-order valence-electron chi connectivity index (χ4n) is 3.64. The third-order valence-corrected chi connectivity index (χ3v) is 6.48.